The van der Waals surface area contributed by atoms with Gasteiger partial charge in [-0.3, -0.25) is 0 Å². The average molecular weight is 235 g/mol. The first kappa shape index (κ1) is 12.9. The summed E-state index contributed by atoms with van der Waals surface area (Å²) in [5.74, 6) is 0.146. The lowest BCUT2D eigenvalue weighted by atomic mass is 10.0. The smallest absolute Gasteiger partial charge is 0.214 e. The van der Waals surface area contributed by atoms with Crippen LogP contribution in [0.5, 0.6) is 0 Å². The molecule has 1 fully saturated rings. The van der Waals surface area contributed by atoms with E-state index in [1.807, 2.05) is 20.8 Å². The molecule has 1 unspecified atom stereocenters. The van der Waals surface area contributed by atoms with Crippen molar-refractivity contribution >= 4 is 10.0 Å². The van der Waals surface area contributed by atoms with Crippen molar-refractivity contribution in [3.63, 3.8) is 0 Å². The molecule has 1 N–H and O–H groups in total. The zero-order chi connectivity index (χ0) is 11.7. The van der Waals surface area contributed by atoms with Crippen molar-refractivity contribution in [2.75, 3.05) is 18.8 Å². The highest BCUT2D eigenvalue weighted by molar-refractivity contribution is 7.89. The van der Waals surface area contributed by atoms with Gasteiger partial charge in [0.1, 0.15) is 0 Å². The van der Waals surface area contributed by atoms with E-state index < -0.39 is 16.1 Å². The van der Waals surface area contributed by atoms with Gasteiger partial charge in [0, 0.05) is 13.1 Å². The van der Waals surface area contributed by atoms with E-state index in [4.69, 9.17) is 0 Å². The van der Waals surface area contributed by atoms with Crippen LogP contribution in [0.3, 0.4) is 0 Å². The minimum atomic E-state index is -3.20. The second-order valence-electron chi connectivity index (χ2n) is 5.47. The molecule has 0 spiro atoms. The number of hydrogen-bond donors (Lipinski definition) is 1. The van der Waals surface area contributed by atoms with Gasteiger partial charge in [-0.2, -0.15) is 4.31 Å². The SMILES string of the molecule is CC(C)(C)CS(=O)(=O)N1CCCC(O)C1. The maximum Gasteiger partial charge on any atom is 0.214 e. The van der Waals surface area contributed by atoms with E-state index in [0.717, 1.165) is 6.42 Å². The molecule has 15 heavy (non-hydrogen) atoms. The molecule has 0 aromatic carbocycles. The third kappa shape index (κ3) is 4.09. The highest BCUT2D eigenvalue weighted by atomic mass is 32.2. The van der Waals surface area contributed by atoms with Gasteiger partial charge in [0.15, 0.2) is 0 Å². The molecule has 1 aliphatic heterocycles. The Morgan fingerprint density at radius 2 is 2.00 bits per heavy atom. The van der Waals surface area contributed by atoms with Gasteiger partial charge < -0.3 is 5.11 Å². The summed E-state index contributed by atoms with van der Waals surface area (Å²) >= 11 is 0. The monoisotopic (exact) mass is 235 g/mol. The lowest BCUT2D eigenvalue weighted by molar-refractivity contribution is 0.107. The molecule has 0 aliphatic carbocycles. The average Bonchev–Trinajstić information content (AvgIpc) is 1.99. The van der Waals surface area contributed by atoms with Crippen molar-refractivity contribution in [1.29, 1.82) is 0 Å². The molecular formula is C10H21NO3S. The number of β-amino-alcohol motifs (C(OH)–C–C–N with tert-alkyl or cyclic N) is 1. The first-order chi connectivity index (χ1) is 6.71. The number of aliphatic hydroxyl groups excluding tert-OH is 1. The summed E-state index contributed by atoms with van der Waals surface area (Å²) in [6, 6.07) is 0. The van der Waals surface area contributed by atoms with E-state index in [0.29, 0.717) is 13.0 Å². The molecule has 0 radical (unpaired) electrons. The molecule has 90 valence electrons. The first-order valence-corrected chi connectivity index (χ1v) is 6.97. The van der Waals surface area contributed by atoms with Crippen LogP contribution < -0.4 is 0 Å². The number of sulfonamides is 1. The fourth-order valence-corrected chi connectivity index (χ4v) is 3.90. The number of rotatable bonds is 2. The molecule has 0 aromatic heterocycles. The van der Waals surface area contributed by atoms with Gasteiger partial charge in [-0.1, -0.05) is 20.8 Å². The third-order valence-corrected chi connectivity index (χ3v) is 4.72. The lowest BCUT2D eigenvalue weighted by Gasteiger charge is -2.31. The lowest BCUT2D eigenvalue weighted by Crippen LogP contribution is -2.44. The fourth-order valence-electron chi connectivity index (χ4n) is 1.81. The standard InChI is InChI=1S/C10H21NO3S/c1-10(2,3)8-15(13,14)11-6-4-5-9(12)7-11/h9,12H,4-8H2,1-3H3. The fraction of sp³-hybridized carbons (Fsp3) is 1.00. The Morgan fingerprint density at radius 3 is 2.47 bits per heavy atom. The Bertz CT molecular complexity index is 305. The largest absolute Gasteiger partial charge is 0.392 e. The van der Waals surface area contributed by atoms with E-state index in [2.05, 4.69) is 0 Å². The molecular weight excluding hydrogens is 214 g/mol. The summed E-state index contributed by atoms with van der Waals surface area (Å²) in [4.78, 5) is 0. The molecule has 0 saturated carbocycles. The quantitative estimate of drug-likeness (QED) is 0.771. The molecule has 1 aliphatic rings. The highest BCUT2D eigenvalue weighted by Crippen LogP contribution is 2.21. The molecule has 0 bridgehead atoms. The van der Waals surface area contributed by atoms with E-state index in [9.17, 15) is 13.5 Å². The minimum absolute atomic E-state index is 0.146. The highest BCUT2D eigenvalue weighted by Gasteiger charge is 2.31. The van der Waals surface area contributed by atoms with Crippen molar-refractivity contribution in [2.45, 2.75) is 39.7 Å². The normalized spacial score (nSPS) is 25.5. The van der Waals surface area contributed by atoms with Crippen LogP contribution >= 0.6 is 0 Å². The van der Waals surface area contributed by atoms with Crippen LogP contribution in [0.25, 0.3) is 0 Å². The Balaban J connectivity index is 2.69. The topological polar surface area (TPSA) is 57.6 Å². The van der Waals surface area contributed by atoms with E-state index >= 15 is 0 Å². The van der Waals surface area contributed by atoms with Gasteiger partial charge in [0.05, 0.1) is 11.9 Å². The Kier molecular flexibility index (Phi) is 3.79. The first-order valence-electron chi connectivity index (χ1n) is 5.37. The molecule has 1 rings (SSSR count). The van der Waals surface area contributed by atoms with Crippen molar-refractivity contribution < 1.29 is 13.5 Å². The summed E-state index contributed by atoms with van der Waals surface area (Å²) in [6.07, 6.45) is 0.972. The minimum Gasteiger partial charge on any atom is -0.392 e. The van der Waals surface area contributed by atoms with Gasteiger partial charge in [0.2, 0.25) is 10.0 Å². The molecule has 5 heteroatoms. The van der Waals surface area contributed by atoms with E-state index in [-0.39, 0.29) is 17.7 Å². The Morgan fingerprint density at radius 1 is 1.40 bits per heavy atom. The van der Waals surface area contributed by atoms with Gasteiger partial charge in [-0.05, 0) is 18.3 Å². The second-order valence-corrected chi connectivity index (χ2v) is 7.44. The molecule has 0 aromatic rings. The van der Waals surface area contributed by atoms with Gasteiger partial charge >= 0.3 is 0 Å². The van der Waals surface area contributed by atoms with Crippen molar-refractivity contribution in [3.05, 3.63) is 0 Å². The Labute approximate surface area is 92.3 Å². The van der Waals surface area contributed by atoms with Gasteiger partial charge in [0.25, 0.3) is 0 Å². The van der Waals surface area contributed by atoms with Crippen LogP contribution in [-0.2, 0) is 10.0 Å². The van der Waals surface area contributed by atoms with E-state index in [1.165, 1.54) is 4.31 Å². The Hall–Kier alpha value is -0.130. The summed E-state index contributed by atoms with van der Waals surface area (Å²) in [5.41, 5.74) is -0.235. The van der Waals surface area contributed by atoms with Crippen LogP contribution in [0.15, 0.2) is 0 Å². The maximum atomic E-state index is 12.0. The summed E-state index contributed by atoms with van der Waals surface area (Å²) in [6.45, 7) is 6.54. The zero-order valence-corrected chi connectivity index (χ0v) is 10.5. The number of piperidine rings is 1. The molecule has 1 heterocycles. The van der Waals surface area contributed by atoms with Crippen molar-refractivity contribution in [1.82, 2.24) is 4.31 Å². The summed E-state index contributed by atoms with van der Waals surface area (Å²) in [5, 5.41) is 9.44. The molecule has 0 amide bonds. The van der Waals surface area contributed by atoms with Crippen LogP contribution in [-0.4, -0.2) is 42.8 Å². The van der Waals surface area contributed by atoms with Crippen LogP contribution in [0.1, 0.15) is 33.6 Å². The molecule has 1 saturated heterocycles. The van der Waals surface area contributed by atoms with Crippen molar-refractivity contribution in [2.24, 2.45) is 5.41 Å². The van der Waals surface area contributed by atoms with Gasteiger partial charge in [-0.25, -0.2) is 8.42 Å². The van der Waals surface area contributed by atoms with Crippen molar-refractivity contribution in [3.8, 4) is 0 Å². The zero-order valence-electron chi connectivity index (χ0n) is 9.73. The number of hydrogen-bond acceptors (Lipinski definition) is 3. The third-order valence-electron chi connectivity index (χ3n) is 2.37. The predicted octanol–water partition coefficient (Wildman–Crippen LogP) is 0.819. The second kappa shape index (κ2) is 4.39. The van der Waals surface area contributed by atoms with E-state index in [1.54, 1.807) is 0 Å². The number of aliphatic hydroxyl groups is 1. The van der Waals surface area contributed by atoms with Crippen LogP contribution in [0.4, 0.5) is 0 Å². The van der Waals surface area contributed by atoms with Gasteiger partial charge in [-0.15, -0.1) is 0 Å². The maximum absolute atomic E-state index is 12.0. The molecule has 1 atom stereocenters. The van der Waals surface area contributed by atoms with Crippen LogP contribution in [0, 0.1) is 5.41 Å². The van der Waals surface area contributed by atoms with Crippen LogP contribution in [0.2, 0.25) is 0 Å². The number of nitrogens with zero attached hydrogens (tertiary/aromatic N) is 1. The summed E-state index contributed by atoms with van der Waals surface area (Å²) in [7, 11) is -3.20. The molecule has 4 nitrogen and oxygen atoms in total. The predicted molar refractivity (Wildman–Crippen MR) is 60.1 cm³/mol. The summed E-state index contributed by atoms with van der Waals surface area (Å²) < 4.78 is 25.3.